The van der Waals surface area contributed by atoms with Gasteiger partial charge in [0.15, 0.2) is 0 Å². The number of carbonyl (C=O) groups is 3. The average molecular weight is 518 g/mol. The summed E-state index contributed by atoms with van der Waals surface area (Å²) in [4.78, 5) is 39.2. The normalized spacial score (nSPS) is 23.4. The van der Waals surface area contributed by atoms with E-state index in [1.165, 1.54) is 4.57 Å². The van der Waals surface area contributed by atoms with Crippen LogP contribution in [0.5, 0.6) is 5.75 Å². The number of fused-ring (bicyclic) bond motifs is 3. The molecule has 9 nitrogen and oxygen atoms in total. The number of hydrogen-bond acceptors (Lipinski definition) is 6. The van der Waals surface area contributed by atoms with Gasteiger partial charge in [-0.05, 0) is 44.5 Å². The quantitative estimate of drug-likeness (QED) is 0.547. The van der Waals surface area contributed by atoms with E-state index in [1.54, 1.807) is 19.3 Å². The summed E-state index contributed by atoms with van der Waals surface area (Å²) < 4.78 is 18.7. The van der Waals surface area contributed by atoms with Crippen LogP contribution in [0.15, 0.2) is 42.6 Å². The highest BCUT2D eigenvalue weighted by Crippen LogP contribution is 2.46. The molecule has 2 aliphatic heterocycles. The van der Waals surface area contributed by atoms with Gasteiger partial charge in [-0.2, -0.15) is 0 Å². The SMILES string of the molecule is CNC(=O)c1cc(C(=O)NC2[C@H]3COC[C@@H]23)cc2c1OCC2c1cn(C(=O)OC(C)(C)C)c2ccccc12. The zero-order valence-electron chi connectivity index (χ0n) is 21.9. The molecule has 9 heteroatoms. The van der Waals surface area contributed by atoms with Crippen molar-refractivity contribution in [3.8, 4) is 5.75 Å². The fourth-order valence-corrected chi connectivity index (χ4v) is 5.65. The molecule has 1 aliphatic carbocycles. The Morgan fingerprint density at radius 3 is 2.45 bits per heavy atom. The molecule has 1 saturated heterocycles. The lowest BCUT2D eigenvalue weighted by atomic mass is 9.90. The van der Waals surface area contributed by atoms with Gasteiger partial charge in [-0.3, -0.25) is 14.2 Å². The van der Waals surface area contributed by atoms with Crippen molar-refractivity contribution in [3.05, 3.63) is 64.8 Å². The van der Waals surface area contributed by atoms with Gasteiger partial charge in [0.2, 0.25) is 0 Å². The lowest BCUT2D eigenvalue weighted by Crippen LogP contribution is -2.30. The molecule has 3 heterocycles. The third-order valence-electron chi connectivity index (χ3n) is 7.58. The van der Waals surface area contributed by atoms with Crippen molar-refractivity contribution in [1.29, 1.82) is 0 Å². The van der Waals surface area contributed by atoms with E-state index in [0.29, 0.717) is 47.4 Å². The number of ether oxygens (including phenoxy) is 3. The third kappa shape index (κ3) is 4.11. The first-order valence-electron chi connectivity index (χ1n) is 12.9. The van der Waals surface area contributed by atoms with E-state index in [2.05, 4.69) is 10.6 Å². The highest BCUT2D eigenvalue weighted by atomic mass is 16.6. The van der Waals surface area contributed by atoms with Crippen LogP contribution in [0.25, 0.3) is 10.9 Å². The second-order valence-electron chi connectivity index (χ2n) is 11.2. The van der Waals surface area contributed by atoms with E-state index in [0.717, 1.165) is 16.5 Å². The van der Waals surface area contributed by atoms with E-state index in [1.807, 2.05) is 51.1 Å². The predicted octanol–water partition coefficient (Wildman–Crippen LogP) is 3.68. The maximum atomic E-state index is 13.3. The smallest absolute Gasteiger partial charge is 0.419 e. The molecule has 0 spiro atoms. The van der Waals surface area contributed by atoms with Gasteiger partial charge in [-0.25, -0.2) is 4.79 Å². The molecular formula is C29H31N3O6. The molecule has 2 amide bonds. The van der Waals surface area contributed by atoms with Crippen LogP contribution in [0.2, 0.25) is 0 Å². The number of carbonyl (C=O) groups excluding carboxylic acids is 3. The van der Waals surface area contributed by atoms with Crippen LogP contribution >= 0.6 is 0 Å². The van der Waals surface area contributed by atoms with Crippen LogP contribution < -0.4 is 15.4 Å². The van der Waals surface area contributed by atoms with E-state index >= 15 is 0 Å². The Kier molecular flexibility index (Phi) is 5.72. The molecule has 0 radical (unpaired) electrons. The van der Waals surface area contributed by atoms with Crippen molar-refractivity contribution in [1.82, 2.24) is 15.2 Å². The summed E-state index contributed by atoms with van der Waals surface area (Å²) in [7, 11) is 1.55. The predicted molar refractivity (Wildman–Crippen MR) is 140 cm³/mol. The van der Waals surface area contributed by atoms with Crippen molar-refractivity contribution < 1.29 is 28.6 Å². The monoisotopic (exact) mass is 517 g/mol. The number of rotatable bonds is 4. The van der Waals surface area contributed by atoms with Crippen molar-refractivity contribution >= 4 is 28.8 Å². The zero-order chi connectivity index (χ0) is 26.8. The molecular weight excluding hydrogens is 486 g/mol. The molecule has 3 aromatic rings. The number of nitrogens with zero attached hydrogens (tertiary/aromatic N) is 1. The maximum absolute atomic E-state index is 13.3. The van der Waals surface area contributed by atoms with Gasteiger partial charge in [0.25, 0.3) is 11.8 Å². The fourth-order valence-electron chi connectivity index (χ4n) is 5.65. The zero-order valence-corrected chi connectivity index (χ0v) is 21.9. The summed E-state index contributed by atoms with van der Waals surface area (Å²) in [6, 6.07) is 11.1. The van der Waals surface area contributed by atoms with Crippen LogP contribution in [0.3, 0.4) is 0 Å². The first-order valence-corrected chi connectivity index (χ1v) is 12.9. The number of aromatic nitrogens is 1. The highest BCUT2D eigenvalue weighted by Gasteiger charge is 2.54. The Labute approximate surface area is 220 Å². The highest BCUT2D eigenvalue weighted by molar-refractivity contribution is 6.03. The minimum absolute atomic E-state index is 0.104. The summed E-state index contributed by atoms with van der Waals surface area (Å²) in [5.41, 5.74) is 2.38. The van der Waals surface area contributed by atoms with Crippen molar-refractivity contribution in [2.24, 2.45) is 11.8 Å². The molecule has 2 aromatic carbocycles. The minimum atomic E-state index is -0.650. The Morgan fingerprint density at radius 2 is 1.74 bits per heavy atom. The van der Waals surface area contributed by atoms with Gasteiger partial charge in [0, 0.05) is 53.6 Å². The lowest BCUT2D eigenvalue weighted by Gasteiger charge is -2.19. The van der Waals surface area contributed by atoms with Crippen LogP contribution in [0, 0.1) is 11.8 Å². The third-order valence-corrected chi connectivity index (χ3v) is 7.58. The van der Waals surface area contributed by atoms with Gasteiger partial charge >= 0.3 is 6.09 Å². The number of para-hydroxylation sites is 1. The van der Waals surface area contributed by atoms with Gasteiger partial charge in [-0.1, -0.05) is 18.2 Å². The molecule has 2 unspecified atom stereocenters. The summed E-state index contributed by atoms with van der Waals surface area (Å²) in [6.45, 7) is 7.09. The molecule has 4 atom stereocenters. The van der Waals surface area contributed by atoms with Gasteiger partial charge in [-0.15, -0.1) is 0 Å². The van der Waals surface area contributed by atoms with Crippen LogP contribution in [-0.2, 0) is 9.47 Å². The molecule has 1 aromatic heterocycles. The van der Waals surface area contributed by atoms with Gasteiger partial charge in [0.05, 0.1) is 30.9 Å². The van der Waals surface area contributed by atoms with Crippen LogP contribution in [0.4, 0.5) is 4.79 Å². The van der Waals surface area contributed by atoms with E-state index < -0.39 is 11.7 Å². The van der Waals surface area contributed by atoms with Crippen molar-refractivity contribution in [2.45, 2.75) is 38.3 Å². The molecule has 3 aliphatic rings. The Hall–Kier alpha value is -3.85. The number of amides is 2. The number of nitrogens with one attached hydrogen (secondary N) is 2. The summed E-state index contributed by atoms with van der Waals surface area (Å²) in [5.74, 6) is 0.340. The maximum Gasteiger partial charge on any atom is 0.419 e. The van der Waals surface area contributed by atoms with E-state index in [-0.39, 0.29) is 30.4 Å². The van der Waals surface area contributed by atoms with Crippen LogP contribution in [-0.4, -0.2) is 61.0 Å². The van der Waals surface area contributed by atoms with Gasteiger partial charge in [0.1, 0.15) is 11.4 Å². The molecule has 1 saturated carbocycles. The Bertz CT molecular complexity index is 1460. The number of hydrogen-bond donors (Lipinski definition) is 2. The van der Waals surface area contributed by atoms with E-state index in [4.69, 9.17) is 14.2 Å². The summed E-state index contributed by atoms with van der Waals surface area (Å²) >= 11 is 0. The largest absolute Gasteiger partial charge is 0.491 e. The molecule has 6 rings (SSSR count). The van der Waals surface area contributed by atoms with Crippen molar-refractivity contribution in [2.75, 3.05) is 26.9 Å². The second kappa shape index (κ2) is 8.87. The fraction of sp³-hybridized carbons (Fsp3) is 0.414. The summed E-state index contributed by atoms with van der Waals surface area (Å²) in [5, 5.41) is 6.65. The van der Waals surface area contributed by atoms with Gasteiger partial charge < -0.3 is 24.8 Å². The Morgan fingerprint density at radius 1 is 1.00 bits per heavy atom. The number of benzene rings is 2. The van der Waals surface area contributed by atoms with Crippen LogP contribution in [0.1, 0.15) is 58.5 Å². The first kappa shape index (κ1) is 24.5. The molecule has 0 bridgehead atoms. The van der Waals surface area contributed by atoms with Crippen molar-refractivity contribution in [3.63, 3.8) is 0 Å². The average Bonchev–Trinajstić information content (AvgIpc) is 3.32. The summed E-state index contributed by atoms with van der Waals surface area (Å²) in [6.07, 6.45) is 1.30. The molecule has 198 valence electrons. The minimum Gasteiger partial charge on any atom is -0.491 e. The van der Waals surface area contributed by atoms with E-state index in [9.17, 15) is 14.4 Å². The first-order chi connectivity index (χ1) is 18.2. The lowest BCUT2D eigenvalue weighted by molar-refractivity contribution is 0.0543. The molecule has 2 fully saturated rings. The standard InChI is InChI=1S/C29H31N3O6/c1-29(2,3)38-28(35)32-11-19(16-7-5-6-8-23(16)32)20-14-37-25-17(20)9-15(10-18(25)27(34)30-4)26(33)31-24-21-12-36-13-22(21)24/h5-11,20-22,24H,12-14H2,1-4H3,(H,30,34)(H,31,33)/t20?,21-,22+,24?. The Balaban J connectivity index is 1.40. The second-order valence-corrected chi connectivity index (χ2v) is 11.2. The molecule has 38 heavy (non-hydrogen) atoms. The topological polar surface area (TPSA) is 108 Å². The molecule has 2 N–H and O–H groups in total.